The third-order valence-electron chi connectivity index (χ3n) is 1.68. The molecule has 0 atom stereocenters. The molecule has 0 heterocycles. The maximum atomic E-state index is 13.2. The summed E-state index contributed by atoms with van der Waals surface area (Å²) in [5.74, 6) is 0.680. The molecule has 1 nitrogen and oxygen atoms in total. The molecule has 0 spiro atoms. The highest BCUT2D eigenvalue weighted by atomic mass is 32.1. The highest BCUT2D eigenvalue weighted by molar-refractivity contribution is 7.79. The van der Waals surface area contributed by atoms with Crippen LogP contribution < -0.4 is 4.74 Å². The van der Waals surface area contributed by atoms with Gasteiger partial charge in [0.2, 0.25) is 0 Å². The molecule has 1 aromatic rings. The van der Waals surface area contributed by atoms with Crippen LogP contribution in [0.3, 0.4) is 0 Å². The van der Waals surface area contributed by atoms with E-state index in [0.717, 1.165) is 5.56 Å². The highest BCUT2D eigenvalue weighted by Crippen LogP contribution is 2.24. The van der Waals surface area contributed by atoms with E-state index in [1.54, 1.807) is 6.07 Å². The summed E-state index contributed by atoms with van der Waals surface area (Å²) in [6.45, 7) is 1.83. The van der Waals surface area contributed by atoms with E-state index in [-0.39, 0.29) is 5.82 Å². The molecule has 0 radical (unpaired) electrons. The summed E-state index contributed by atoms with van der Waals surface area (Å²) in [6, 6.07) is 3.28. The third kappa shape index (κ3) is 1.72. The van der Waals surface area contributed by atoms with Gasteiger partial charge in [-0.25, -0.2) is 4.39 Å². The zero-order valence-corrected chi connectivity index (χ0v) is 7.99. The second-order valence-electron chi connectivity index (χ2n) is 2.59. The maximum absolute atomic E-state index is 13.2. The molecule has 0 aliphatic heterocycles. The van der Waals surface area contributed by atoms with Crippen molar-refractivity contribution in [1.29, 1.82) is 0 Å². The number of ether oxygens (including phenoxy) is 1. The number of thiol groups is 1. The van der Waals surface area contributed by atoms with E-state index in [0.29, 0.717) is 17.1 Å². The van der Waals surface area contributed by atoms with Gasteiger partial charge in [0.05, 0.1) is 7.11 Å². The monoisotopic (exact) mass is 186 g/mol. The van der Waals surface area contributed by atoms with Gasteiger partial charge >= 0.3 is 0 Å². The number of benzene rings is 1. The lowest BCUT2D eigenvalue weighted by atomic mass is 10.1. The first-order chi connectivity index (χ1) is 5.69. The summed E-state index contributed by atoms with van der Waals surface area (Å²) in [6.07, 6.45) is 0. The van der Waals surface area contributed by atoms with Crippen LogP contribution in [0.15, 0.2) is 12.1 Å². The first-order valence-corrected chi connectivity index (χ1v) is 4.26. The molecule has 0 aliphatic carbocycles. The Hall–Kier alpha value is -0.700. The summed E-state index contributed by atoms with van der Waals surface area (Å²) >= 11 is 4.02. The molecular formula is C9H11FOS. The molecule has 1 rings (SSSR count). The van der Waals surface area contributed by atoms with Crippen LogP contribution in [0.25, 0.3) is 0 Å². The van der Waals surface area contributed by atoms with Gasteiger partial charge < -0.3 is 4.74 Å². The van der Waals surface area contributed by atoms with Crippen molar-refractivity contribution in [3.8, 4) is 5.75 Å². The fraction of sp³-hybridized carbons (Fsp3) is 0.333. The number of halogens is 1. The molecule has 0 saturated heterocycles. The molecule has 0 amide bonds. The summed E-state index contributed by atoms with van der Waals surface area (Å²) in [5.41, 5.74) is 1.38. The largest absolute Gasteiger partial charge is 0.496 e. The van der Waals surface area contributed by atoms with Gasteiger partial charge in [-0.2, -0.15) is 12.6 Å². The normalized spacial score (nSPS) is 10.0. The number of aryl methyl sites for hydroxylation is 1. The lowest BCUT2D eigenvalue weighted by Crippen LogP contribution is -1.94. The van der Waals surface area contributed by atoms with Crippen molar-refractivity contribution in [1.82, 2.24) is 0 Å². The van der Waals surface area contributed by atoms with E-state index in [9.17, 15) is 4.39 Å². The van der Waals surface area contributed by atoms with E-state index < -0.39 is 0 Å². The Balaban J connectivity index is 3.24. The minimum absolute atomic E-state index is 0.248. The Morgan fingerprint density at radius 1 is 1.50 bits per heavy atom. The fourth-order valence-electron chi connectivity index (χ4n) is 1.08. The van der Waals surface area contributed by atoms with Gasteiger partial charge in [-0.1, -0.05) is 0 Å². The Labute approximate surface area is 77.0 Å². The van der Waals surface area contributed by atoms with Gasteiger partial charge in [-0.05, 0) is 24.6 Å². The van der Waals surface area contributed by atoms with Crippen LogP contribution in [-0.4, -0.2) is 7.11 Å². The van der Waals surface area contributed by atoms with Crippen molar-refractivity contribution in [3.63, 3.8) is 0 Å². The highest BCUT2D eigenvalue weighted by Gasteiger charge is 2.07. The molecule has 0 bridgehead atoms. The molecule has 0 saturated carbocycles. The Morgan fingerprint density at radius 3 is 2.67 bits per heavy atom. The molecule has 0 aromatic heterocycles. The molecule has 12 heavy (non-hydrogen) atoms. The predicted molar refractivity (Wildman–Crippen MR) is 50.4 cm³/mol. The summed E-state index contributed by atoms with van der Waals surface area (Å²) < 4.78 is 18.2. The molecule has 66 valence electrons. The van der Waals surface area contributed by atoms with Gasteiger partial charge in [0.15, 0.2) is 0 Å². The van der Waals surface area contributed by atoms with Crippen LogP contribution in [0.2, 0.25) is 0 Å². The SMILES string of the molecule is COc1cc(C)cc(F)c1CS. The molecule has 0 fully saturated rings. The van der Waals surface area contributed by atoms with Crippen molar-refractivity contribution in [2.45, 2.75) is 12.7 Å². The molecule has 0 aliphatic rings. The molecule has 0 N–H and O–H groups in total. The van der Waals surface area contributed by atoms with Gasteiger partial charge in [0.1, 0.15) is 11.6 Å². The maximum Gasteiger partial charge on any atom is 0.131 e. The van der Waals surface area contributed by atoms with Crippen molar-refractivity contribution < 1.29 is 9.13 Å². The lowest BCUT2D eigenvalue weighted by Gasteiger charge is -2.08. The minimum Gasteiger partial charge on any atom is -0.496 e. The standard InChI is InChI=1S/C9H11FOS/c1-6-3-8(10)7(5-12)9(4-6)11-2/h3-4,12H,5H2,1-2H3. The Bertz CT molecular complexity index is 286. The van der Waals surface area contributed by atoms with Crippen LogP contribution in [0, 0.1) is 12.7 Å². The van der Waals surface area contributed by atoms with Gasteiger partial charge in [0, 0.05) is 11.3 Å². The van der Waals surface area contributed by atoms with Crippen molar-refractivity contribution in [2.24, 2.45) is 0 Å². The smallest absolute Gasteiger partial charge is 0.131 e. The van der Waals surface area contributed by atoms with Crippen LogP contribution in [0.4, 0.5) is 4.39 Å². The van der Waals surface area contributed by atoms with Crippen LogP contribution >= 0.6 is 12.6 Å². The van der Waals surface area contributed by atoms with Crippen LogP contribution in [-0.2, 0) is 5.75 Å². The summed E-state index contributed by atoms with van der Waals surface area (Å²) in [4.78, 5) is 0. The number of methoxy groups -OCH3 is 1. The van der Waals surface area contributed by atoms with E-state index in [1.165, 1.54) is 13.2 Å². The second-order valence-corrected chi connectivity index (χ2v) is 2.90. The molecule has 0 unspecified atom stereocenters. The minimum atomic E-state index is -0.248. The average molecular weight is 186 g/mol. The van der Waals surface area contributed by atoms with Gasteiger partial charge in [0.25, 0.3) is 0 Å². The van der Waals surface area contributed by atoms with Crippen molar-refractivity contribution in [2.75, 3.05) is 7.11 Å². The van der Waals surface area contributed by atoms with E-state index in [2.05, 4.69) is 12.6 Å². The van der Waals surface area contributed by atoms with Crippen LogP contribution in [0.1, 0.15) is 11.1 Å². The van der Waals surface area contributed by atoms with Gasteiger partial charge in [-0.15, -0.1) is 0 Å². The van der Waals surface area contributed by atoms with Crippen LogP contribution in [0.5, 0.6) is 5.75 Å². The second kappa shape index (κ2) is 3.81. The first-order valence-electron chi connectivity index (χ1n) is 3.63. The average Bonchev–Trinajstić information content (AvgIpc) is 2.03. The summed E-state index contributed by atoms with van der Waals surface area (Å²) in [5, 5.41) is 0. The third-order valence-corrected chi connectivity index (χ3v) is 1.99. The predicted octanol–water partition coefficient (Wildman–Crippen LogP) is 2.57. The zero-order chi connectivity index (χ0) is 9.14. The number of rotatable bonds is 2. The van der Waals surface area contributed by atoms with Crippen molar-refractivity contribution in [3.05, 3.63) is 29.1 Å². The molecule has 1 aromatic carbocycles. The summed E-state index contributed by atoms with van der Waals surface area (Å²) in [7, 11) is 1.53. The fourth-order valence-corrected chi connectivity index (χ4v) is 1.38. The first kappa shape index (κ1) is 9.39. The molecular weight excluding hydrogens is 175 g/mol. The Kier molecular flexibility index (Phi) is 2.98. The van der Waals surface area contributed by atoms with E-state index in [1.807, 2.05) is 6.92 Å². The topological polar surface area (TPSA) is 9.23 Å². The van der Waals surface area contributed by atoms with E-state index >= 15 is 0 Å². The molecule has 3 heteroatoms. The number of hydrogen-bond donors (Lipinski definition) is 1. The van der Waals surface area contributed by atoms with Crippen molar-refractivity contribution >= 4 is 12.6 Å². The Morgan fingerprint density at radius 2 is 2.17 bits per heavy atom. The number of hydrogen-bond acceptors (Lipinski definition) is 2. The quantitative estimate of drug-likeness (QED) is 0.698. The lowest BCUT2D eigenvalue weighted by molar-refractivity contribution is 0.406. The zero-order valence-electron chi connectivity index (χ0n) is 7.10. The van der Waals surface area contributed by atoms with Gasteiger partial charge in [-0.3, -0.25) is 0 Å². The van der Waals surface area contributed by atoms with E-state index in [4.69, 9.17) is 4.74 Å².